The molecule has 11 rings (SSSR count). The van der Waals surface area contributed by atoms with Gasteiger partial charge < -0.3 is 73.3 Å². The minimum Gasteiger partial charge on any atom is -0.494 e. The first kappa shape index (κ1) is 105. The van der Waals surface area contributed by atoms with E-state index in [1.807, 2.05) is 0 Å². The molecule has 0 spiro atoms. The molecular formula is C95H166O20Si8. The maximum Gasteiger partial charge on any atom is 0.508 e. The third-order valence-electron chi connectivity index (χ3n) is 27.0. The van der Waals surface area contributed by atoms with Crippen molar-refractivity contribution < 1.29 is 92.5 Å². The van der Waals surface area contributed by atoms with E-state index in [1.54, 1.807) is 24.3 Å². The van der Waals surface area contributed by atoms with Gasteiger partial charge in [-0.15, -0.1) is 0 Å². The summed E-state index contributed by atoms with van der Waals surface area (Å²) in [5.74, 6) is 1.64. The fourth-order valence-corrected chi connectivity index (χ4v) is 53.2. The summed E-state index contributed by atoms with van der Waals surface area (Å²) in [6.07, 6.45) is 26.6. The predicted molar refractivity (Wildman–Crippen MR) is 513 cm³/mol. The number of Topliss-reactive ketones (excluding diaryl/α,β-unsaturated/α-hetero) is 1. The molecule has 0 aromatic heterocycles. The van der Waals surface area contributed by atoms with Crippen LogP contribution in [-0.2, 0) is 69.2 Å². The van der Waals surface area contributed by atoms with Crippen molar-refractivity contribution in [3.8, 4) is 11.5 Å². The topological polar surface area (TPSA) is 216 Å². The number of hydrogen-bond acceptors (Lipinski definition) is 20. The Labute approximate surface area is 751 Å². The molecule has 8 heterocycles. The SMILES string of the molecule is CC1CCC[Si](C)(CCCOC(=O)OCCOCCOC(=O)OCCC[Si]2(C)CCCC(C)O2)O1.CC1CCC[Si](C)(CCCOC(=O)c2cccc(C(=O)CCC[Si]3(C)CCCC(C)O3)c2)O1.CC1CCC[Si](C)(CCCOc2ccc(C(C)(C)c3ccc(OCC[Si]4(C)CCCC(C)O4)cc3)cc2)O1.CC1CCC[Si](C)(C[Si]2(C)CCCC(C)O2)O1. The van der Waals surface area contributed by atoms with Gasteiger partial charge in [0.1, 0.15) is 24.7 Å². The van der Waals surface area contributed by atoms with E-state index in [2.05, 4.69) is 170 Å². The summed E-state index contributed by atoms with van der Waals surface area (Å²) in [5, 5.41) is 0. The zero-order valence-electron chi connectivity index (χ0n) is 79.7. The second-order valence-corrected chi connectivity index (χ2v) is 73.9. The lowest BCUT2D eigenvalue weighted by molar-refractivity contribution is 0.00601. The van der Waals surface area contributed by atoms with Crippen molar-refractivity contribution in [1.29, 1.82) is 0 Å². The number of rotatable bonds is 37. The maximum atomic E-state index is 12.7. The standard InChI is InChI=1S/C32H50O4Si2.C26H42O5Si2.C24H46O9Si2.C13H28O2Si2/c1-26-10-7-22-37(5,35-26)24-9-20-33-30-16-12-28(13-17-30)32(3,4)29-14-18-31(19-15-29)34-21-25-38(6)23-8-11-27(2)36-38;1-21-10-6-16-32(3,30-21)18-8-14-25(27)23-12-5-13-24(20-23)26(28)29-15-9-19-33(4)17-7-11-22(2)31-33;1-21-9-5-17-34(3,32-21)19-7-11-28-23(25)30-15-13-27-14-16-31-24(26)29-12-8-20-35(4)18-6-10-22(2)33-35;1-12-7-5-9-16(3,14-12)11-17(4)10-6-8-13(2)15-17/h12-19,26-27H,7-11,20-25H2,1-6H3;5,12-13,20-22H,6-11,14-19H2,1-4H3;21-22H,5-20H2,1-4H3;12-13H,5-11H2,1-4H3. The zero-order valence-corrected chi connectivity index (χ0v) is 87.7. The zero-order chi connectivity index (χ0) is 89.2. The van der Waals surface area contributed by atoms with Crippen LogP contribution in [0.4, 0.5) is 9.59 Å². The van der Waals surface area contributed by atoms with Gasteiger partial charge in [0.15, 0.2) is 72.3 Å². The molecule has 0 amide bonds. The molecule has 8 saturated heterocycles. The van der Waals surface area contributed by atoms with Crippen LogP contribution in [0.15, 0.2) is 72.8 Å². The highest BCUT2D eigenvalue weighted by molar-refractivity contribution is 6.91. The van der Waals surface area contributed by atoms with Crippen molar-refractivity contribution in [2.75, 3.05) is 59.5 Å². The molecule has 8 aliphatic rings. The molecule has 3 aromatic rings. The largest absolute Gasteiger partial charge is 0.508 e. The van der Waals surface area contributed by atoms with E-state index in [0.29, 0.717) is 86.2 Å². The molecule has 123 heavy (non-hydrogen) atoms. The van der Waals surface area contributed by atoms with Crippen LogP contribution in [-0.4, -0.2) is 199 Å². The summed E-state index contributed by atoms with van der Waals surface area (Å²) in [6.45, 7) is 44.0. The van der Waals surface area contributed by atoms with E-state index in [0.717, 1.165) is 113 Å². The molecule has 20 nitrogen and oxygen atoms in total. The molecule has 8 fully saturated rings. The highest BCUT2D eigenvalue weighted by Crippen LogP contribution is 2.41. The second kappa shape index (κ2) is 51.2. The molecule has 0 bridgehead atoms. The van der Waals surface area contributed by atoms with Crippen molar-refractivity contribution in [1.82, 2.24) is 0 Å². The number of carbonyl (C=O) groups is 4. The van der Waals surface area contributed by atoms with Gasteiger partial charge >= 0.3 is 18.3 Å². The van der Waals surface area contributed by atoms with Gasteiger partial charge in [-0.25, -0.2) is 14.4 Å². The van der Waals surface area contributed by atoms with E-state index >= 15 is 0 Å². The van der Waals surface area contributed by atoms with E-state index in [1.165, 1.54) is 148 Å². The molecule has 16 atom stereocenters. The normalized spacial score (nSPS) is 31.6. The fourth-order valence-electron chi connectivity index (χ4n) is 20.3. The van der Waals surface area contributed by atoms with Crippen molar-refractivity contribution in [2.45, 2.75) is 407 Å². The van der Waals surface area contributed by atoms with Gasteiger partial charge in [0.2, 0.25) is 0 Å². The van der Waals surface area contributed by atoms with Crippen LogP contribution in [0, 0.1) is 0 Å². The lowest BCUT2D eigenvalue weighted by atomic mass is 9.78. The third-order valence-corrected chi connectivity index (χ3v) is 60.3. The van der Waals surface area contributed by atoms with E-state index in [9.17, 15) is 19.2 Å². The lowest BCUT2D eigenvalue weighted by Crippen LogP contribution is -2.52. The number of ether oxygens (including phenoxy) is 8. The van der Waals surface area contributed by atoms with Gasteiger partial charge in [-0.3, -0.25) is 4.79 Å². The highest BCUT2D eigenvalue weighted by Gasteiger charge is 2.46. The molecule has 0 saturated carbocycles. The van der Waals surface area contributed by atoms with Gasteiger partial charge in [-0.1, -0.05) is 102 Å². The Morgan fingerprint density at radius 1 is 0.325 bits per heavy atom. The van der Waals surface area contributed by atoms with Crippen molar-refractivity contribution >= 4 is 90.6 Å². The highest BCUT2D eigenvalue weighted by atomic mass is 28.4. The molecule has 698 valence electrons. The Morgan fingerprint density at radius 3 is 0.959 bits per heavy atom. The molecule has 8 aliphatic heterocycles. The summed E-state index contributed by atoms with van der Waals surface area (Å²) < 4.78 is 93.5. The van der Waals surface area contributed by atoms with Gasteiger partial charge in [0, 0.05) is 72.3 Å². The van der Waals surface area contributed by atoms with E-state index in [-0.39, 0.29) is 43.6 Å². The molecule has 0 N–H and O–H groups in total. The smallest absolute Gasteiger partial charge is 0.494 e. The monoisotopic (exact) mass is 1850 g/mol. The van der Waals surface area contributed by atoms with Crippen LogP contribution in [0.2, 0.25) is 143 Å². The first-order valence-electron chi connectivity index (χ1n) is 48.2. The Hall–Kier alpha value is -3.68. The Kier molecular flexibility index (Phi) is 43.6. The van der Waals surface area contributed by atoms with Crippen LogP contribution in [0.5, 0.6) is 11.5 Å². The Morgan fingerprint density at radius 2 is 0.610 bits per heavy atom. The van der Waals surface area contributed by atoms with E-state index in [4.69, 9.17) is 73.3 Å². The average Bonchev–Trinajstić information content (AvgIpc) is 0.797. The molecule has 3 aromatic carbocycles. The molecule has 16 unspecified atom stereocenters. The van der Waals surface area contributed by atoms with Gasteiger partial charge in [-0.05, 0) is 323 Å². The molecular weight excluding hydrogens is 1690 g/mol. The quantitative estimate of drug-likeness (QED) is 0.0172. The number of esters is 1. The molecule has 0 aliphatic carbocycles. The Balaban J connectivity index is 0.000000209. The van der Waals surface area contributed by atoms with Gasteiger partial charge in [0.05, 0.1) is 51.8 Å². The predicted octanol–water partition coefficient (Wildman–Crippen LogP) is 25.2. The number of hydrogen-bond donors (Lipinski definition) is 0. The first-order chi connectivity index (χ1) is 58.4. The van der Waals surface area contributed by atoms with Crippen LogP contribution in [0.1, 0.15) is 242 Å². The van der Waals surface area contributed by atoms with Crippen LogP contribution in [0.25, 0.3) is 0 Å². The minimum atomic E-state index is -1.67. The average molecular weight is 1850 g/mol. The Bertz CT molecular complexity index is 3530. The van der Waals surface area contributed by atoms with Crippen LogP contribution in [0.3, 0.4) is 0 Å². The van der Waals surface area contributed by atoms with Crippen molar-refractivity contribution in [3.63, 3.8) is 0 Å². The van der Waals surface area contributed by atoms with Crippen LogP contribution >= 0.6 is 0 Å². The summed E-state index contributed by atoms with van der Waals surface area (Å²) in [4.78, 5) is 48.6. The summed E-state index contributed by atoms with van der Waals surface area (Å²) in [7, 11) is -12.7. The minimum absolute atomic E-state index is 0.0831. The maximum absolute atomic E-state index is 12.7. The van der Waals surface area contributed by atoms with Crippen molar-refractivity contribution in [2.24, 2.45) is 0 Å². The summed E-state index contributed by atoms with van der Waals surface area (Å²) >= 11 is 0. The molecule has 0 radical (unpaired) electrons. The number of ketones is 1. The first-order valence-corrected chi connectivity index (χ1v) is 70.8. The van der Waals surface area contributed by atoms with Crippen molar-refractivity contribution in [3.05, 3.63) is 95.1 Å². The van der Waals surface area contributed by atoms with Crippen LogP contribution < -0.4 is 9.47 Å². The van der Waals surface area contributed by atoms with Gasteiger partial charge in [-0.2, -0.15) is 0 Å². The fraction of sp³-hybridized carbons (Fsp3) is 0.768. The molecule has 28 heteroatoms. The van der Waals surface area contributed by atoms with Gasteiger partial charge in [0.25, 0.3) is 0 Å². The summed E-state index contributed by atoms with van der Waals surface area (Å²) in [5.41, 5.74) is 4.85. The number of benzene rings is 3. The lowest BCUT2D eigenvalue weighted by Gasteiger charge is -2.43. The summed E-state index contributed by atoms with van der Waals surface area (Å²) in [6, 6.07) is 40.6. The second-order valence-electron chi connectivity index (χ2n) is 40.4. The van der Waals surface area contributed by atoms with E-state index < -0.39 is 78.8 Å². The number of carbonyl (C=O) groups excluding carboxylic acids is 4. The third kappa shape index (κ3) is 38.3.